The van der Waals surface area contributed by atoms with E-state index in [1.165, 1.54) is 65.7 Å². The maximum atomic E-state index is 4.41. The highest BCUT2D eigenvalue weighted by atomic mass is 79.9. The van der Waals surface area contributed by atoms with Crippen LogP contribution in [-0.4, -0.2) is 6.54 Å². The molecule has 0 spiro atoms. The Morgan fingerprint density at radius 3 is 2.12 bits per heavy atom. The SMILES string of the molecule is C=C/C=C\C(=C/C)CN/C(C)=C/C(=C)C(CCC)CCCC(=C)CCCc1ccccc1.C=CC(Br)=C(C)C.CC. The normalized spacial score (nSPS) is 11.8. The summed E-state index contributed by atoms with van der Waals surface area (Å²) in [5, 5.41) is 3.51. The lowest BCUT2D eigenvalue weighted by atomic mass is 9.88. The van der Waals surface area contributed by atoms with E-state index in [2.05, 4.69) is 117 Å². The van der Waals surface area contributed by atoms with Gasteiger partial charge in [0.25, 0.3) is 0 Å². The fourth-order valence-electron chi connectivity index (χ4n) is 4.12. The minimum atomic E-state index is 0.552. The van der Waals surface area contributed by atoms with E-state index in [1.54, 1.807) is 12.2 Å². The summed E-state index contributed by atoms with van der Waals surface area (Å²) in [5.41, 5.74) is 7.74. The van der Waals surface area contributed by atoms with E-state index in [-0.39, 0.29) is 0 Å². The van der Waals surface area contributed by atoms with Gasteiger partial charge in [0.05, 0.1) is 0 Å². The fourth-order valence-corrected chi connectivity index (χ4v) is 4.12. The molecule has 0 radical (unpaired) electrons. The molecule has 1 rings (SSSR count). The van der Waals surface area contributed by atoms with E-state index in [0.717, 1.165) is 30.3 Å². The van der Waals surface area contributed by atoms with Crippen molar-refractivity contribution in [2.45, 2.75) is 99.8 Å². The standard InChI is InChI=1S/C31H45N.C6H9Br.C2H6/c1-7-10-19-29(9-3)25-32-28(6)24-27(5)31(16-8-2)23-15-18-26(4)17-14-22-30-20-12-11-13-21-30;1-4-6(7)5(2)3;1-2/h7,9-13,19-21,24,31-32H,1,4-5,8,14-18,22-23,25H2,2-3,6H3;4H,1H2,2-3H3;1-2H3/b19-10-,28-24+,29-9+;;. The molecular formula is C39H60BrN. The van der Waals surface area contributed by atoms with Crippen LogP contribution >= 0.6 is 15.9 Å². The van der Waals surface area contributed by atoms with Gasteiger partial charge in [0, 0.05) is 16.7 Å². The third kappa shape index (κ3) is 22.8. The van der Waals surface area contributed by atoms with Crippen molar-refractivity contribution in [3.8, 4) is 0 Å². The lowest BCUT2D eigenvalue weighted by Gasteiger charge is -2.18. The van der Waals surface area contributed by atoms with E-state index in [9.17, 15) is 0 Å². The van der Waals surface area contributed by atoms with Crippen molar-refractivity contribution in [2.24, 2.45) is 5.92 Å². The first-order valence-electron chi connectivity index (χ1n) is 15.4. The van der Waals surface area contributed by atoms with Gasteiger partial charge in [0.1, 0.15) is 0 Å². The maximum absolute atomic E-state index is 4.41. The van der Waals surface area contributed by atoms with Gasteiger partial charge < -0.3 is 5.32 Å². The second-order valence-corrected chi connectivity index (χ2v) is 11.1. The zero-order chi connectivity index (χ0) is 31.5. The summed E-state index contributed by atoms with van der Waals surface area (Å²) in [5.74, 6) is 0.552. The quantitative estimate of drug-likeness (QED) is 0.127. The molecule has 0 aliphatic heterocycles. The molecule has 0 saturated carbocycles. The first-order valence-corrected chi connectivity index (χ1v) is 16.2. The third-order valence-electron chi connectivity index (χ3n) is 6.53. The van der Waals surface area contributed by atoms with Crippen molar-refractivity contribution in [3.63, 3.8) is 0 Å². The summed E-state index contributed by atoms with van der Waals surface area (Å²) >= 11 is 3.30. The number of allylic oxidation sites excluding steroid dienone is 10. The molecule has 0 heterocycles. The number of hydrogen-bond donors (Lipinski definition) is 1. The number of halogens is 1. The Bertz CT molecular complexity index is 984. The maximum Gasteiger partial charge on any atom is 0.0394 e. The topological polar surface area (TPSA) is 12.0 Å². The summed E-state index contributed by atoms with van der Waals surface area (Å²) < 4.78 is 1.09. The third-order valence-corrected chi connectivity index (χ3v) is 7.65. The second-order valence-electron chi connectivity index (χ2n) is 10.2. The van der Waals surface area contributed by atoms with E-state index in [0.29, 0.717) is 5.92 Å². The lowest BCUT2D eigenvalue weighted by molar-refractivity contribution is 0.497. The van der Waals surface area contributed by atoms with Gasteiger partial charge in [-0.05, 0) is 95.8 Å². The molecule has 0 aliphatic carbocycles. The Hall–Kier alpha value is -2.58. The number of benzene rings is 1. The summed E-state index contributed by atoms with van der Waals surface area (Å²) in [6.45, 7) is 31.4. The highest BCUT2D eigenvalue weighted by Crippen LogP contribution is 2.25. The first kappa shape index (κ1) is 40.6. The number of nitrogens with one attached hydrogen (secondary N) is 1. The van der Waals surface area contributed by atoms with Gasteiger partial charge in [-0.25, -0.2) is 0 Å². The van der Waals surface area contributed by atoms with Crippen LogP contribution in [0.4, 0.5) is 0 Å². The molecule has 0 aliphatic rings. The largest absolute Gasteiger partial charge is 0.384 e. The molecule has 0 fully saturated rings. The molecule has 1 nitrogen and oxygen atoms in total. The minimum absolute atomic E-state index is 0.552. The Morgan fingerprint density at radius 2 is 1.61 bits per heavy atom. The summed E-state index contributed by atoms with van der Waals surface area (Å²) in [4.78, 5) is 0. The lowest BCUT2D eigenvalue weighted by Crippen LogP contribution is -2.15. The van der Waals surface area contributed by atoms with Gasteiger partial charge in [0.15, 0.2) is 0 Å². The Morgan fingerprint density at radius 1 is 0.976 bits per heavy atom. The summed E-state index contributed by atoms with van der Waals surface area (Å²) in [6.07, 6.45) is 21.4. The zero-order valence-electron chi connectivity index (χ0n) is 27.5. The first-order chi connectivity index (χ1) is 19.7. The van der Waals surface area contributed by atoms with Crippen LogP contribution in [0.5, 0.6) is 0 Å². The highest BCUT2D eigenvalue weighted by molar-refractivity contribution is 9.11. The Kier molecular flexibility index (Phi) is 27.3. The molecule has 1 atom stereocenters. The van der Waals surface area contributed by atoms with Crippen LogP contribution in [0.15, 0.2) is 126 Å². The van der Waals surface area contributed by atoms with Crippen molar-refractivity contribution in [3.05, 3.63) is 131 Å². The Labute approximate surface area is 263 Å². The van der Waals surface area contributed by atoms with Crippen LogP contribution in [0.25, 0.3) is 0 Å². The highest BCUT2D eigenvalue weighted by Gasteiger charge is 2.11. The molecule has 228 valence electrons. The van der Waals surface area contributed by atoms with Crippen LogP contribution in [0.3, 0.4) is 0 Å². The summed E-state index contributed by atoms with van der Waals surface area (Å²) in [7, 11) is 0. The van der Waals surface area contributed by atoms with Crippen molar-refractivity contribution in [1.29, 1.82) is 0 Å². The van der Waals surface area contributed by atoms with Crippen molar-refractivity contribution >= 4 is 15.9 Å². The van der Waals surface area contributed by atoms with Gasteiger partial charge in [-0.2, -0.15) is 0 Å². The number of aryl methyl sites for hydroxylation is 1. The van der Waals surface area contributed by atoms with Crippen LogP contribution in [0.1, 0.15) is 99.0 Å². The molecule has 1 aromatic rings. The molecule has 1 unspecified atom stereocenters. The zero-order valence-corrected chi connectivity index (χ0v) is 29.1. The molecule has 1 N–H and O–H groups in total. The van der Waals surface area contributed by atoms with Gasteiger partial charge in [-0.3, -0.25) is 0 Å². The number of rotatable bonds is 18. The predicted octanol–water partition coefficient (Wildman–Crippen LogP) is 12.8. The van der Waals surface area contributed by atoms with Crippen molar-refractivity contribution in [1.82, 2.24) is 5.32 Å². The van der Waals surface area contributed by atoms with E-state index in [1.807, 2.05) is 33.8 Å². The van der Waals surface area contributed by atoms with E-state index >= 15 is 0 Å². The molecular weight excluding hydrogens is 562 g/mol. The van der Waals surface area contributed by atoms with Gasteiger partial charge in [-0.1, -0.05) is 147 Å². The van der Waals surface area contributed by atoms with Crippen LogP contribution in [0.2, 0.25) is 0 Å². The molecule has 41 heavy (non-hydrogen) atoms. The van der Waals surface area contributed by atoms with E-state index < -0.39 is 0 Å². The molecule has 0 bridgehead atoms. The smallest absolute Gasteiger partial charge is 0.0394 e. The molecule has 0 saturated heterocycles. The average molecular weight is 623 g/mol. The van der Waals surface area contributed by atoms with Crippen molar-refractivity contribution < 1.29 is 0 Å². The average Bonchev–Trinajstić information content (AvgIpc) is 2.98. The minimum Gasteiger partial charge on any atom is -0.384 e. The molecule has 0 aromatic heterocycles. The van der Waals surface area contributed by atoms with Crippen molar-refractivity contribution in [2.75, 3.05) is 6.54 Å². The molecule has 0 amide bonds. The predicted molar refractivity (Wildman–Crippen MR) is 194 cm³/mol. The summed E-state index contributed by atoms with van der Waals surface area (Å²) in [6, 6.07) is 10.7. The fraction of sp³-hybridized carbons (Fsp3) is 0.436. The van der Waals surface area contributed by atoms with Crippen LogP contribution in [-0.2, 0) is 6.42 Å². The molecule has 2 heteroatoms. The Balaban J connectivity index is 0. The van der Waals surface area contributed by atoms with Gasteiger partial charge >= 0.3 is 0 Å². The molecule has 1 aromatic carbocycles. The monoisotopic (exact) mass is 621 g/mol. The van der Waals surface area contributed by atoms with E-state index in [4.69, 9.17) is 0 Å². The number of hydrogen-bond acceptors (Lipinski definition) is 1. The van der Waals surface area contributed by atoms with Crippen LogP contribution < -0.4 is 5.32 Å². The van der Waals surface area contributed by atoms with Gasteiger partial charge in [0.2, 0.25) is 0 Å². The van der Waals surface area contributed by atoms with Crippen LogP contribution in [0, 0.1) is 5.92 Å². The second kappa shape index (κ2) is 27.6. The van der Waals surface area contributed by atoms with Gasteiger partial charge in [-0.15, -0.1) is 0 Å².